The first-order chi connectivity index (χ1) is 11.8. The van der Waals surface area contributed by atoms with Crippen LogP contribution < -0.4 is 5.32 Å². The van der Waals surface area contributed by atoms with Crippen molar-refractivity contribution >= 4 is 33.2 Å². The molecule has 1 amide bonds. The second-order valence-corrected chi connectivity index (χ2v) is 7.57. The molecule has 0 fully saturated rings. The third-order valence-corrected chi connectivity index (χ3v) is 5.90. The molecule has 0 heterocycles. The van der Waals surface area contributed by atoms with Gasteiger partial charge in [-0.3, -0.25) is 4.79 Å². The van der Waals surface area contributed by atoms with Crippen molar-refractivity contribution in [2.75, 3.05) is 18.4 Å². The molecular formula is C17H18ClFN2O3S. The summed E-state index contributed by atoms with van der Waals surface area (Å²) in [5, 5.41) is 2.62. The fraction of sp³-hybridized carbons (Fsp3) is 0.235. The maximum absolute atomic E-state index is 13.8. The molecule has 0 aliphatic heterocycles. The van der Waals surface area contributed by atoms with Crippen LogP contribution in [0.2, 0.25) is 5.02 Å². The SMILES string of the molecule is CCN(CC)S(=O)(=O)c1cccc(C(=O)Nc2ccc(Cl)cc2F)c1. The minimum absolute atomic E-state index is 0.0143. The number of carbonyl (C=O) groups is 1. The lowest BCUT2D eigenvalue weighted by Gasteiger charge is -2.18. The molecule has 8 heteroatoms. The molecule has 2 aromatic rings. The predicted octanol–water partition coefficient (Wildman–Crippen LogP) is 3.76. The zero-order valence-electron chi connectivity index (χ0n) is 13.8. The molecule has 134 valence electrons. The number of amides is 1. The standard InChI is InChI=1S/C17H18ClFN2O3S/c1-3-21(4-2)25(23,24)14-7-5-6-12(10-14)17(22)20-16-9-8-13(18)11-15(16)19/h5-11H,3-4H2,1-2H3,(H,20,22). The van der Waals surface area contributed by atoms with Gasteiger partial charge in [-0.1, -0.05) is 31.5 Å². The summed E-state index contributed by atoms with van der Waals surface area (Å²) in [6.45, 7) is 4.12. The van der Waals surface area contributed by atoms with Gasteiger partial charge < -0.3 is 5.32 Å². The number of halogens is 2. The maximum Gasteiger partial charge on any atom is 0.255 e. The van der Waals surface area contributed by atoms with E-state index in [1.165, 1.54) is 40.7 Å². The molecule has 1 N–H and O–H groups in total. The molecule has 0 radical (unpaired) electrons. The van der Waals surface area contributed by atoms with Crippen molar-refractivity contribution in [2.45, 2.75) is 18.7 Å². The molecule has 5 nitrogen and oxygen atoms in total. The molecule has 0 bridgehead atoms. The first kappa shape index (κ1) is 19.4. The summed E-state index contributed by atoms with van der Waals surface area (Å²) in [4.78, 5) is 12.3. The summed E-state index contributed by atoms with van der Waals surface area (Å²) >= 11 is 5.67. The smallest absolute Gasteiger partial charge is 0.255 e. The van der Waals surface area contributed by atoms with Gasteiger partial charge in [0.25, 0.3) is 5.91 Å². The summed E-state index contributed by atoms with van der Waals surface area (Å²) in [5.74, 6) is -1.29. The van der Waals surface area contributed by atoms with Gasteiger partial charge in [-0.25, -0.2) is 12.8 Å². The Kier molecular flexibility index (Phi) is 6.16. The third kappa shape index (κ3) is 4.36. The van der Waals surface area contributed by atoms with E-state index in [1.807, 2.05) is 0 Å². The zero-order chi connectivity index (χ0) is 18.6. The van der Waals surface area contributed by atoms with Crippen molar-refractivity contribution in [3.05, 3.63) is 58.9 Å². The summed E-state index contributed by atoms with van der Waals surface area (Å²) in [5.41, 5.74) is 0.0778. The van der Waals surface area contributed by atoms with E-state index in [-0.39, 0.29) is 21.2 Å². The zero-order valence-corrected chi connectivity index (χ0v) is 15.4. The van der Waals surface area contributed by atoms with Crippen molar-refractivity contribution < 1.29 is 17.6 Å². The molecule has 2 rings (SSSR count). The number of hydrogen-bond donors (Lipinski definition) is 1. The van der Waals surface area contributed by atoms with E-state index < -0.39 is 21.7 Å². The topological polar surface area (TPSA) is 66.5 Å². The van der Waals surface area contributed by atoms with Crippen molar-refractivity contribution in [2.24, 2.45) is 0 Å². The van der Waals surface area contributed by atoms with Gasteiger partial charge in [-0.05, 0) is 36.4 Å². The molecule has 0 saturated heterocycles. The van der Waals surface area contributed by atoms with Gasteiger partial charge in [-0.2, -0.15) is 4.31 Å². The van der Waals surface area contributed by atoms with E-state index in [0.29, 0.717) is 13.1 Å². The van der Waals surface area contributed by atoms with Crippen molar-refractivity contribution in [3.8, 4) is 0 Å². The molecule has 0 aromatic heterocycles. The fourth-order valence-electron chi connectivity index (χ4n) is 2.30. The molecule has 2 aromatic carbocycles. The van der Waals surface area contributed by atoms with Crippen LogP contribution in [0.3, 0.4) is 0 Å². The largest absolute Gasteiger partial charge is 0.319 e. The highest BCUT2D eigenvalue weighted by molar-refractivity contribution is 7.89. The van der Waals surface area contributed by atoms with Crippen molar-refractivity contribution in [1.82, 2.24) is 4.31 Å². The second-order valence-electron chi connectivity index (χ2n) is 5.20. The average molecular weight is 385 g/mol. The van der Waals surface area contributed by atoms with E-state index in [0.717, 1.165) is 6.07 Å². The van der Waals surface area contributed by atoms with E-state index >= 15 is 0 Å². The van der Waals surface area contributed by atoms with Crippen LogP contribution >= 0.6 is 11.6 Å². The van der Waals surface area contributed by atoms with Crippen LogP contribution in [0.4, 0.5) is 10.1 Å². The molecule has 0 saturated carbocycles. The number of benzene rings is 2. The van der Waals surface area contributed by atoms with Crippen molar-refractivity contribution in [3.63, 3.8) is 0 Å². The van der Waals surface area contributed by atoms with Gasteiger partial charge in [0, 0.05) is 23.7 Å². The highest BCUT2D eigenvalue weighted by Crippen LogP contribution is 2.21. The first-order valence-electron chi connectivity index (χ1n) is 7.66. The highest BCUT2D eigenvalue weighted by atomic mass is 35.5. The Bertz CT molecular complexity index is 883. The predicted molar refractivity (Wildman–Crippen MR) is 95.9 cm³/mol. The Labute approximate surface area is 151 Å². The monoisotopic (exact) mass is 384 g/mol. The second kappa shape index (κ2) is 7.95. The van der Waals surface area contributed by atoms with Gasteiger partial charge >= 0.3 is 0 Å². The lowest BCUT2D eigenvalue weighted by molar-refractivity contribution is 0.102. The maximum atomic E-state index is 13.8. The van der Waals surface area contributed by atoms with Crippen molar-refractivity contribution in [1.29, 1.82) is 0 Å². The quantitative estimate of drug-likeness (QED) is 0.824. The molecule has 0 unspecified atom stereocenters. The van der Waals surface area contributed by atoms with Gasteiger partial charge in [0.05, 0.1) is 10.6 Å². The minimum Gasteiger partial charge on any atom is -0.319 e. The number of rotatable bonds is 6. The molecule has 0 atom stereocenters. The van der Waals surface area contributed by atoms with E-state index in [4.69, 9.17) is 11.6 Å². The van der Waals surface area contributed by atoms with Crippen LogP contribution in [0.1, 0.15) is 24.2 Å². The minimum atomic E-state index is -3.68. The van der Waals surface area contributed by atoms with E-state index in [1.54, 1.807) is 13.8 Å². The number of nitrogens with zero attached hydrogens (tertiary/aromatic N) is 1. The third-order valence-electron chi connectivity index (χ3n) is 3.62. The van der Waals surface area contributed by atoms with Crippen LogP contribution in [-0.2, 0) is 10.0 Å². The average Bonchev–Trinajstić information content (AvgIpc) is 2.58. The molecule has 0 aliphatic rings. The highest BCUT2D eigenvalue weighted by Gasteiger charge is 2.22. The van der Waals surface area contributed by atoms with Gasteiger partial charge in [0.2, 0.25) is 10.0 Å². The summed E-state index contributed by atoms with van der Waals surface area (Å²) in [7, 11) is -3.68. The van der Waals surface area contributed by atoms with Gasteiger partial charge in [0.1, 0.15) is 5.82 Å². The molecular weight excluding hydrogens is 367 g/mol. The normalized spacial score (nSPS) is 11.6. The summed E-state index contributed by atoms with van der Waals surface area (Å²) in [6, 6.07) is 9.50. The molecule has 0 spiro atoms. The van der Waals surface area contributed by atoms with E-state index in [9.17, 15) is 17.6 Å². The fourth-order valence-corrected chi connectivity index (χ4v) is 3.96. The lowest BCUT2D eigenvalue weighted by Crippen LogP contribution is -2.30. The molecule has 25 heavy (non-hydrogen) atoms. The first-order valence-corrected chi connectivity index (χ1v) is 9.48. The Balaban J connectivity index is 2.30. The van der Waals surface area contributed by atoms with E-state index in [2.05, 4.69) is 5.32 Å². The Morgan fingerprint density at radius 1 is 1.16 bits per heavy atom. The van der Waals surface area contributed by atoms with Crippen LogP contribution in [0.5, 0.6) is 0 Å². The Morgan fingerprint density at radius 2 is 1.84 bits per heavy atom. The lowest BCUT2D eigenvalue weighted by atomic mass is 10.2. The number of hydrogen-bond acceptors (Lipinski definition) is 3. The Morgan fingerprint density at radius 3 is 2.44 bits per heavy atom. The van der Waals surface area contributed by atoms with Crippen LogP contribution in [0.25, 0.3) is 0 Å². The summed E-state index contributed by atoms with van der Waals surface area (Å²) in [6.07, 6.45) is 0. The van der Waals surface area contributed by atoms with Gasteiger partial charge in [-0.15, -0.1) is 0 Å². The molecule has 0 aliphatic carbocycles. The van der Waals surface area contributed by atoms with Crippen LogP contribution in [0, 0.1) is 5.82 Å². The van der Waals surface area contributed by atoms with Gasteiger partial charge in [0.15, 0.2) is 0 Å². The number of sulfonamides is 1. The van der Waals surface area contributed by atoms with Crippen LogP contribution in [-0.4, -0.2) is 31.7 Å². The van der Waals surface area contributed by atoms with Crippen LogP contribution in [0.15, 0.2) is 47.4 Å². The number of carbonyl (C=O) groups excluding carboxylic acids is 1. The Hall–Kier alpha value is -1.96. The number of nitrogens with one attached hydrogen (secondary N) is 1. The summed E-state index contributed by atoms with van der Waals surface area (Å²) < 4.78 is 40.2. The number of anilines is 1.